The molecule has 2 aromatic rings. The van der Waals surface area contributed by atoms with E-state index in [0.717, 1.165) is 10.5 Å². The van der Waals surface area contributed by atoms with Crippen LogP contribution in [0.15, 0.2) is 54.2 Å². The van der Waals surface area contributed by atoms with Crippen molar-refractivity contribution in [3.8, 4) is 17.2 Å². The number of amides is 2. The standard InChI is InChI=1S/C19H16N2O5/c1-24-14-5-3-13(4-6-14)21-18(22)9-15(19(21)23)20-10-12-2-7-16-17(8-12)26-11-25-16/h2-9,20H,10-11H2,1H3. The molecule has 4 rings (SSSR count). The van der Waals surface area contributed by atoms with Crippen molar-refractivity contribution in [2.45, 2.75) is 6.54 Å². The molecule has 2 aromatic carbocycles. The SMILES string of the molecule is COc1ccc(N2C(=O)C=C(NCc3ccc4c(c3)OCO4)C2=O)cc1. The molecule has 0 aromatic heterocycles. The third kappa shape index (κ3) is 2.83. The van der Waals surface area contributed by atoms with Gasteiger partial charge in [-0.3, -0.25) is 9.59 Å². The number of fused-ring (bicyclic) bond motifs is 1. The number of hydrogen-bond acceptors (Lipinski definition) is 6. The summed E-state index contributed by atoms with van der Waals surface area (Å²) in [5.74, 6) is 1.26. The highest BCUT2D eigenvalue weighted by molar-refractivity contribution is 6.30. The van der Waals surface area contributed by atoms with Gasteiger partial charge in [-0.15, -0.1) is 0 Å². The number of carbonyl (C=O) groups excluding carboxylic acids is 2. The normalized spacial score (nSPS) is 15.3. The minimum atomic E-state index is -0.388. The Morgan fingerprint density at radius 3 is 2.62 bits per heavy atom. The maximum Gasteiger partial charge on any atom is 0.281 e. The zero-order valence-corrected chi connectivity index (χ0v) is 14.0. The van der Waals surface area contributed by atoms with Crippen LogP contribution in [-0.2, 0) is 16.1 Å². The Bertz CT molecular complexity index is 905. The molecule has 0 saturated heterocycles. The van der Waals surface area contributed by atoms with Crippen molar-refractivity contribution in [3.63, 3.8) is 0 Å². The fourth-order valence-electron chi connectivity index (χ4n) is 2.82. The highest BCUT2D eigenvalue weighted by Gasteiger charge is 2.32. The molecular weight excluding hydrogens is 336 g/mol. The van der Waals surface area contributed by atoms with Crippen LogP contribution in [0.3, 0.4) is 0 Å². The summed E-state index contributed by atoms with van der Waals surface area (Å²) in [4.78, 5) is 25.9. The molecule has 0 saturated carbocycles. The van der Waals surface area contributed by atoms with Gasteiger partial charge < -0.3 is 19.5 Å². The topological polar surface area (TPSA) is 77.1 Å². The van der Waals surface area contributed by atoms with Crippen molar-refractivity contribution >= 4 is 17.5 Å². The van der Waals surface area contributed by atoms with E-state index in [1.807, 2.05) is 18.2 Å². The molecule has 2 aliphatic heterocycles. The van der Waals surface area contributed by atoms with Crippen LogP contribution in [0, 0.1) is 0 Å². The van der Waals surface area contributed by atoms with E-state index < -0.39 is 0 Å². The predicted octanol–water partition coefficient (Wildman–Crippen LogP) is 1.97. The van der Waals surface area contributed by atoms with Crippen molar-refractivity contribution in [1.82, 2.24) is 5.32 Å². The summed E-state index contributed by atoms with van der Waals surface area (Å²) >= 11 is 0. The van der Waals surface area contributed by atoms with Crippen molar-refractivity contribution in [2.24, 2.45) is 0 Å². The van der Waals surface area contributed by atoms with Gasteiger partial charge in [0, 0.05) is 12.6 Å². The number of imide groups is 1. The quantitative estimate of drug-likeness (QED) is 0.829. The van der Waals surface area contributed by atoms with Gasteiger partial charge in [0.2, 0.25) is 6.79 Å². The Balaban J connectivity index is 1.45. The van der Waals surface area contributed by atoms with Gasteiger partial charge in [-0.25, -0.2) is 4.90 Å². The van der Waals surface area contributed by atoms with Crippen molar-refractivity contribution in [1.29, 1.82) is 0 Å². The molecule has 26 heavy (non-hydrogen) atoms. The minimum absolute atomic E-state index is 0.210. The van der Waals surface area contributed by atoms with Gasteiger partial charge in [0.15, 0.2) is 11.5 Å². The number of hydrogen-bond donors (Lipinski definition) is 1. The summed E-state index contributed by atoms with van der Waals surface area (Å²) in [5, 5.41) is 3.02. The second kappa shape index (κ2) is 6.44. The van der Waals surface area contributed by atoms with Gasteiger partial charge in [-0.1, -0.05) is 6.07 Å². The zero-order valence-electron chi connectivity index (χ0n) is 14.0. The number of ether oxygens (including phenoxy) is 3. The molecule has 0 aliphatic carbocycles. The van der Waals surface area contributed by atoms with Crippen LogP contribution >= 0.6 is 0 Å². The lowest BCUT2D eigenvalue weighted by Gasteiger charge is -2.15. The zero-order chi connectivity index (χ0) is 18.1. The second-order valence-electron chi connectivity index (χ2n) is 5.78. The van der Waals surface area contributed by atoms with Crippen LogP contribution in [0.5, 0.6) is 17.2 Å². The van der Waals surface area contributed by atoms with E-state index in [1.165, 1.54) is 6.08 Å². The Kier molecular flexibility index (Phi) is 3.96. The largest absolute Gasteiger partial charge is 0.497 e. The smallest absolute Gasteiger partial charge is 0.281 e. The molecule has 7 heteroatoms. The van der Waals surface area contributed by atoms with Crippen molar-refractivity contribution < 1.29 is 23.8 Å². The fraction of sp³-hybridized carbons (Fsp3) is 0.158. The maximum atomic E-state index is 12.6. The predicted molar refractivity (Wildman–Crippen MR) is 93.0 cm³/mol. The number of nitrogens with zero attached hydrogens (tertiary/aromatic N) is 1. The first-order valence-corrected chi connectivity index (χ1v) is 8.02. The number of carbonyl (C=O) groups is 2. The molecule has 0 fully saturated rings. The average Bonchev–Trinajstić information content (AvgIpc) is 3.23. The van der Waals surface area contributed by atoms with Gasteiger partial charge in [-0.05, 0) is 42.0 Å². The molecule has 0 unspecified atom stereocenters. The molecule has 1 N–H and O–H groups in total. The molecule has 0 bridgehead atoms. The van der Waals surface area contributed by atoms with Crippen molar-refractivity contribution in [2.75, 3.05) is 18.8 Å². The van der Waals surface area contributed by atoms with E-state index in [9.17, 15) is 9.59 Å². The van der Waals surface area contributed by atoms with E-state index in [4.69, 9.17) is 14.2 Å². The molecule has 0 spiro atoms. The Labute approximate surface area is 149 Å². The molecule has 0 atom stereocenters. The van der Waals surface area contributed by atoms with Gasteiger partial charge in [0.25, 0.3) is 11.8 Å². The van der Waals surface area contributed by atoms with E-state index >= 15 is 0 Å². The summed E-state index contributed by atoms with van der Waals surface area (Å²) in [6.45, 7) is 0.596. The van der Waals surface area contributed by atoms with E-state index in [-0.39, 0.29) is 24.3 Å². The van der Waals surface area contributed by atoms with Crippen LogP contribution in [-0.4, -0.2) is 25.7 Å². The van der Waals surface area contributed by atoms with Crippen LogP contribution in [0.25, 0.3) is 0 Å². The van der Waals surface area contributed by atoms with Crippen molar-refractivity contribution in [3.05, 3.63) is 59.8 Å². The highest BCUT2D eigenvalue weighted by Crippen LogP contribution is 2.32. The van der Waals surface area contributed by atoms with Gasteiger partial charge in [0.05, 0.1) is 12.8 Å². The summed E-state index contributed by atoms with van der Waals surface area (Å²) < 4.78 is 15.7. The minimum Gasteiger partial charge on any atom is -0.497 e. The summed E-state index contributed by atoms with van der Waals surface area (Å²) in [7, 11) is 1.56. The third-order valence-corrected chi connectivity index (χ3v) is 4.17. The first-order valence-electron chi connectivity index (χ1n) is 8.02. The lowest BCUT2D eigenvalue weighted by molar-refractivity contribution is -0.120. The first-order chi connectivity index (χ1) is 12.7. The summed E-state index contributed by atoms with van der Waals surface area (Å²) in [6.07, 6.45) is 1.31. The van der Waals surface area contributed by atoms with Gasteiger partial charge >= 0.3 is 0 Å². The fourth-order valence-corrected chi connectivity index (χ4v) is 2.82. The van der Waals surface area contributed by atoms with E-state index in [1.54, 1.807) is 31.4 Å². The van der Waals surface area contributed by atoms with Crippen LogP contribution in [0.1, 0.15) is 5.56 Å². The lowest BCUT2D eigenvalue weighted by Crippen LogP contribution is -2.33. The Morgan fingerprint density at radius 1 is 1.08 bits per heavy atom. The average molecular weight is 352 g/mol. The summed E-state index contributed by atoms with van der Waals surface area (Å²) in [5.41, 5.74) is 1.67. The van der Waals surface area contributed by atoms with Crippen LogP contribution < -0.4 is 24.4 Å². The van der Waals surface area contributed by atoms with Gasteiger partial charge in [-0.2, -0.15) is 0 Å². The number of methoxy groups -OCH3 is 1. The number of benzene rings is 2. The first kappa shape index (κ1) is 16.0. The molecule has 132 valence electrons. The second-order valence-corrected chi connectivity index (χ2v) is 5.78. The molecule has 7 nitrogen and oxygen atoms in total. The Hall–Kier alpha value is -3.48. The number of nitrogens with one attached hydrogen (secondary N) is 1. The Morgan fingerprint density at radius 2 is 1.85 bits per heavy atom. The van der Waals surface area contributed by atoms with Gasteiger partial charge in [0.1, 0.15) is 11.4 Å². The molecule has 2 heterocycles. The third-order valence-electron chi connectivity index (χ3n) is 4.17. The van der Waals surface area contributed by atoms with Crippen LogP contribution in [0.4, 0.5) is 5.69 Å². The highest BCUT2D eigenvalue weighted by atomic mass is 16.7. The molecule has 0 radical (unpaired) electrons. The number of anilines is 1. The van der Waals surface area contributed by atoms with E-state index in [2.05, 4.69) is 5.32 Å². The summed E-state index contributed by atoms with van der Waals surface area (Å²) in [6, 6.07) is 12.3. The van der Waals surface area contributed by atoms with Crippen LogP contribution in [0.2, 0.25) is 0 Å². The lowest BCUT2D eigenvalue weighted by atomic mass is 10.2. The monoisotopic (exact) mass is 352 g/mol. The molecule has 2 amide bonds. The number of rotatable bonds is 5. The van der Waals surface area contributed by atoms with E-state index in [0.29, 0.717) is 29.5 Å². The molecule has 2 aliphatic rings. The maximum absolute atomic E-state index is 12.6. The molecular formula is C19H16N2O5.